The average molecular weight is 376 g/mol. The maximum absolute atomic E-state index is 12.6. The molecule has 0 unspecified atom stereocenters. The summed E-state index contributed by atoms with van der Waals surface area (Å²) >= 11 is 3.44. The first-order valence-corrected chi connectivity index (χ1v) is 8.43. The highest BCUT2D eigenvalue weighted by molar-refractivity contribution is 9.10. The Hall–Kier alpha value is -1.95. The molecule has 0 spiro atoms. The molecule has 5 nitrogen and oxygen atoms in total. The van der Waals surface area contributed by atoms with Crippen LogP contribution in [0.1, 0.15) is 28.9 Å². The standard InChI is InChI=1S/C17H18BrN3O2/c1-12-6-7-16(20-19-12)23-13-8-10-21(11-9-13)17(22)14-4-2-3-5-15(14)18/h2-7,13H,8-11H2,1H3. The fourth-order valence-corrected chi connectivity index (χ4v) is 3.06. The molecule has 120 valence electrons. The highest BCUT2D eigenvalue weighted by Gasteiger charge is 2.25. The van der Waals surface area contributed by atoms with E-state index in [1.54, 1.807) is 0 Å². The summed E-state index contributed by atoms with van der Waals surface area (Å²) in [4.78, 5) is 14.4. The van der Waals surface area contributed by atoms with Gasteiger partial charge in [-0.1, -0.05) is 12.1 Å². The number of aromatic nitrogens is 2. The molecule has 1 fully saturated rings. The third kappa shape index (κ3) is 3.88. The minimum atomic E-state index is 0.0612. The minimum absolute atomic E-state index is 0.0612. The Morgan fingerprint density at radius 1 is 1.17 bits per heavy atom. The van der Waals surface area contributed by atoms with Gasteiger partial charge < -0.3 is 9.64 Å². The van der Waals surface area contributed by atoms with E-state index in [-0.39, 0.29) is 12.0 Å². The molecular formula is C17H18BrN3O2. The Bertz CT molecular complexity index is 682. The predicted octanol–water partition coefficient (Wildman–Crippen LogP) is 3.23. The summed E-state index contributed by atoms with van der Waals surface area (Å²) in [5, 5.41) is 8.02. The van der Waals surface area contributed by atoms with Crippen LogP contribution < -0.4 is 4.74 Å². The van der Waals surface area contributed by atoms with Crippen molar-refractivity contribution in [3.8, 4) is 5.88 Å². The summed E-state index contributed by atoms with van der Waals surface area (Å²) in [7, 11) is 0. The van der Waals surface area contributed by atoms with Gasteiger partial charge in [0.05, 0.1) is 11.3 Å². The van der Waals surface area contributed by atoms with E-state index >= 15 is 0 Å². The first kappa shape index (κ1) is 15.9. The van der Waals surface area contributed by atoms with E-state index in [4.69, 9.17) is 4.74 Å². The van der Waals surface area contributed by atoms with Gasteiger partial charge in [-0.3, -0.25) is 4.79 Å². The first-order chi connectivity index (χ1) is 11.1. The molecule has 6 heteroatoms. The molecule has 1 aliphatic rings. The molecular weight excluding hydrogens is 358 g/mol. The van der Waals surface area contributed by atoms with E-state index in [0.29, 0.717) is 24.5 Å². The van der Waals surface area contributed by atoms with Gasteiger partial charge in [0.1, 0.15) is 6.10 Å². The second-order valence-corrected chi connectivity index (χ2v) is 6.46. The molecule has 3 rings (SSSR count). The Morgan fingerprint density at radius 2 is 1.91 bits per heavy atom. The number of benzene rings is 1. The molecule has 0 saturated carbocycles. The van der Waals surface area contributed by atoms with Gasteiger partial charge in [0.2, 0.25) is 5.88 Å². The zero-order chi connectivity index (χ0) is 16.2. The van der Waals surface area contributed by atoms with Gasteiger partial charge in [0, 0.05) is 36.5 Å². The van der Waals surface area contributed by atoms with Crippen molar-refractivity contribution in [3.63, 3.8) is 0 Å². The van der Waals surface area contributed by atoms with Gasteiger partial charge in [0.25, 0.3) is 5.91 Å². The Labute approximate surface area is 143 Å². The second kappa shape index (κ2) is 7.08. The molecule has 0 N–H and O–H groups in total. The van der Waals surface area contributed by atoms with E-state index < -0.39 is 0 Å². The van der Waals surface area contributed by atoms with Gasteiger partial charge in [-0.15, -0.1) is 5.10 Å². The lowest BCUT2D eigenvalue weighted by atomic mass is 10.1. The Balaban J connectivity index is 1.57. The molecule has 1 saturated heterocycles. The van der Waals surface area contributed by atoms with Gasteiger partial charge in [0.15, 0.2) is 0 Å². The Morgan fingerprint density at radius 3 is 2.57 bits per heavy atom. The fraction of sp³-hybridized carbons (Fsp3) is 0.353. The van der Waals surface area contributed by atoms with Crippen molar-refractivity contribution in [1.82, 2.24) is 15.1 Å². The van der Waals surface area contributed by atoms with Crippen LogP contribution in [0.2, 0.25) is 0 Å². The van der Waals surface area contributed by atoms with Crippen LogP contribution in [0, 0.1) is 6.92 Å². The number of hydrogen-bond acceptors (Lipinski definition) is 4. The van der Waals surface area contributed by atoms with Crippen molar-refractivity contribution < 1.29 is 9.53 Å². The van der Waals surface area contributed by atoms with Gasteiger partial charge in [-0.25, -0.2) is 0 Å². The lowest BCUT2D eigenvalue weighted by Gasteiger charge is -2.32. The van der Waals surface area contributed by atoms with Crippen LogP contribution in [-0.4, -0.2) is 40.2 Å². The number of carbonyl (C=O) groups is 1. The molecule has 2 heterocycles. The molecule has 0 bridgehead atoms. The van der Waals surface area contributed by atoms with Crippen molar-refractivity contribution >= 4 is 21.8 Å². The number of amides is 1. The molecule has 23 heavy (non-hydrogen) atoms. The Kier molecular flexibility index (Phi) is 4.91. The molecule has 0 atom stereocenters. The highest BCUT2D eigenvalue weighted by atomic mass is 79.9. The minimum Gasteiger partial charge on any atom is -0.473 e. The lowest BCUT2D eigenvalue weighted by Crippen LogP contribution is -2.42. The van der Waals surface area contributed by atoms with Crippen molar-refractivity contribution in [2.45, 2.75) is 25.9 Å². The number of rotatable bonds is 3. The first-order valence-electron chi connectivity index (χ1n) is 7.64. The number of carbonyl (C=O) groups excluding carboxylic acids is 1. The second-order valence-electron chi connectivity index (χ2n) is 5.60. The van der Waals surface area contributed by atoms with Gasteiger partial charge in [-0.2, -0.15) is 5.10 Å². The van der Waals surface area contributed by atoms with Gasteiger partial charge in [-0.05, 0) is 41.1 Å². The van der Waals surface area contributed by atoms with Crippen molar-refractivity contribution in [2.24, 2.45) is 0 Å². The third-order valence-corrected chi connectivity index (χ3v) is 4.59. The van der Waals surface area contributed by atoms with Crippen LogP contribution >= 0.6 is 15.9 Å². The van der Waals surface area contributed by atoms with Crippen molar-refractivity contribution in [2.75, 3.05) is 13.1 Å². The van der Waals surface area contributed by atoms with E-state index in [1.165, 1.54) is 0 Å². The van der Waals surface area contributed by atoms with Crippen LogP contribution in [0.3, 0.4) is 0 Å². The monoisotopic (exact) mass is 375 g/mol. The topological polar surface area (TPSA) is 55.3 Å². The van der Waals surface area contributed by atoms with E-state index in [9.17, 15) is 4.79 Å². The van der Waals surface area contributed by atoms with E-state index in [1.807, 2.05) is 48.2 Å². The maximum atomic E-state index is 12.6. The smallest absolute Gasteiger partial charge is 0.255 e. The number of hydrogen-bond donors (Lipinski definition) is 0. The number of ether oxygens (including phenoxy) is 1. The molecule has 1 aliphatic heterocycles. The number of aryl methyl sites for hydroxylation is 1. The summed E-state index contributed by atoms with van der Waals surface area (Å²) < 4.78 is 6.68. The molecule has 2 aromatic rings. The fourth-order valence-electron chi connectivity index (χ4n) is 2.60. The normalized spacial score (nSPS) is 15.5. The summed E-state index contributed by atoms with van der Waals surface area (Å²) in [5.74, 6) is 0.609. The van der Waals surface area contributed by atoms with Crippen LogP contribution in [0.5, 0.6) is 5.88 Å². The number of likely N-dealkylation sites (tertiary alicyclic amines) is 1. The average Bonchev–Trinajstić information content (AvgIpc) is 2.57. The summed E-state index contributed by atoms with van der Waals surface area (Å²) in [6, 6.07) is 11.2. The molecule has 1 aromatic carbocycles. The third-order valence-electron chi connectivity index (χ3n) is 3.89. The van der Waals surface area contributed by atoms with Crippen LogP contribution in [-0.2, 0) is 0 Å². The maximum Gasteiger partial charge on any atom is 0.255 e. The van der Waals surface area contributed by atoms with E-state index in [0.717, 1.165) is 23.0 Å². The largest absolute Gasteiger partial charge is 0.473 e. The molecule has 0 radical (unpaired) electrons. The number of nitrogens with zero attached hydrogens (tertiary/aromatic N) is 3. The van der Waals surface area contributed by atoms with Crippen molar-refractivity contribution in [3.05, 3.63) is 52.1 Å². The molecule has 1 aromatic heterocycles. The SMILES string of the molecule is Cc1ccc(OC2CCN(C(=O)c3ccccc3Br)CC2)nn1. The molecule has 1 amide bonds. The summed E-state index contributed by atoms with van der Waals surface area (Å²) in [5.41, 5.74) is 1.57. The number of halogens is 1. The van der Waals surface area contributed by atoms with Crippen molar-refractivity contribution in [1.29, 1.82) is 0 Å². The summed E-state index contributed by atoms with van der Waals surface area (Å²) in [6.07, 6.45) is 1.67. The quantitative estimate of drug-likeness (QED) is 0.826. The molecule has 0 aliphatic carbocycles. The zero-order valence-electron chi connectivity index (χ0n) is 12.9. The van der Waals surface area contributed by atoms with E-state index in [2.05, 4.69) is 26.1 Å². The number of piperidine rings is 1. The van der Waals surface area contributed by atoms with Crippen LogP contribution in [0.25, 0.3) is 0 Å². The summed E-state index contributed by atoms with van der Waals surface area (Å²) in [6.45, 7) is 3.26. The highest BCUT2D eigenvalue weighted by Crippen LogP contribution is 2.22. The van der Waals surface area contributed by atoms with Crippen LogP contribution in [0.4, 0.5) is 0 Å². The lowest BCUT2D eigenvalue weighted by molar-refractivity contribution is 0.0585. The van der Waals surface area contributed by atoms with Gasteiger partial charge >= 0.3 is 0 Å². The zero-order valence-corrected chi connectivity index (χ0v) is 14.5. The van der Waals surface area contributed by atoms with Crippen LogP contribution in [0.15, 0.2) is 40.9 Å². The predicted molar refractivity (Wildman–Crippen MR) is 90.5 cm³/mol.